The van der Waals surface area contributed by atoms with Crippen LogP contribution in [0.25, 0.3) is 0 Å². The van der Waals surface area contributed by atoms with Gasteiger partial charge in [-0.2, -0.15) is 0 Å². The SMILES string of the molecule is CC(C(=O)Nc1cccc([N+](=O)[O-])c1)N1CCC(C(=O)O)CC1.Cl. The summed E-state index contributed by atoms with van der Waals surface area (Å²) in [4.78, 5) is 35.4. The molecule has 0 bridgehead atoms. The molecule has 1 heterocycles. The number of carbonyl (C=O) groups is 2. The monoisotopic (exact) mass is 357 g/mol. The van der Waals surface area contributed by atoms with Crippen LogP contribution in [0.1, 0.15) is 19.8 Å². The maximum absolute atomic E-state index is 12.3. The fourth-order valence-corrected chi connectivity index (χ4v) is 2.64. The Balaban J connectivity index is 0.00000288. The van der Waals surface area contributed by atoms with Crippen LogP contribution in [0.3, 0.4) is 0 Å². The Morgan fingerprint density at radius 3 is 2.54 bits per heavy atom. The van der Waals surface area contributed by atoms with E-state index in [1.165, 1.54) is 18.2 Å². The summed E-state index contributed by atoms with van der Waals surface area (Å²) in [6.07, 6.45) is 1.04. The third kappa shape index (κ3) is 4.90. The largest absolute Gasteiger partial charge is 0.481 e. The number of carboxylic acids is 1. The molecule has 24 heavy (non-hydrogen) atoms. The lowest BCUT2D eigenvalue weighted by Gasteiger charge is -2.33. The number of piperidine rings is 1. The van der Waals surface area contributed by atoms with E-state index < -0.39 is 16.9 Å². The van der Waals surface area contributed by atoms with Gasteiger partial charge in [-0.15, -0.1) is 12.4 Å². The van der Waals surface area contributed by atoms with Crippen molar-refractivity contribution >= 4 is 35.7 Å². The number of likely N-dealkylation sites (tertiary alicyclic amines) is 1. The Kier molecular flexibility index (Phi) is 7.12. The zero-order valence-electron chi connectivity index (χ0n) is 13.2. The van der Waals surface area contributed by atoms with E-state index in [0.717, 1.165) is 0 Å². The van der Waals surface area contributed by atoms with Gasteiger partial charge in [0.15, 0.2) is 0 Å². The first-order valence-electron chi connectivity index (χ1n) is 7.40. The van der Waals surface area contributed by atoms with Gasteiger partial charge >= 0.3 is 5.97 Å². The molecule has 8 nitrogen and oxygen atoms in total. The van der Waals surface area contributed by atoms with E-state index >= 15 is 0 Å². The lowest BCUT2D eigenvalue weighted by Crippen LogP contribution is -2.46. The number of nitrogens with zero attached hydrogens (tertiary/aromatic N) is 2. The molecule has 1 unspecified atom stereocenters. The molecular formula is C15H20ClN3O5. The molecule has 2 N–H and O–H groups in total. The summed E-state index contributed by atoms with van der Waals surface area (Å²) in [6.45, 7) is 2.83. The molecule has 2 rings (SSSR count). The van der Waals surface area contributed by atoms with E-state index in [4.69, 9.17) is 5.11 Å². The summed E-state index contributed by atoms with van der Waals surface area (Å²) in [5.41, 5.74) is 0.286. The number of nitro groups is 1. The van der Waals surface area contributed by atoms with Gasteiger partial charge in [0.2, 0.25) is 5.91 Å². The molecule has 1 aromatic rings. The number of anilines is 1. The number of hydrogen-bond acceptors (Lipinski definition) is 5. The van der Waals surface area contributed by atoms with Gasteiger partial charge in [0.05, 0.1) is 16.9 Å². The maximum Gasteiger partial charge on any atom is 0.306 e. The third-order valence-corrected chi connectivity index (χ3v) is 4.13. The van der Waals surface area contributed by atoms with Crippen molar-refractivity contribution in [1.29, 1.82) is 0 Å². The number of aliphatic carboxylic acids is 1. The molecule has 1 atom stereocenters. The number of nitro benzene ring substituents is 1. The van der Waals surface area contributed by atoms with Crippen LogP contribution in [0.2, 0.25) is 0 Å². The number of nitrogens with one attached hydrogen (secondary N) is 1. The molecule has 1 aliphatic rings. The smallest absolute Gasteiger partial charge is 0.306 e. The van der Waals surface area contributed by atoms with Crippen molar-refractivity contribution in [3.8, 4) is 0 Å². The van der Waals surface area contributed by atoms with Gasteiger partial charge in [-0.3, -0.25) is 24.6 Å². The van der Waals surface area contributed by atoms with Gasteiger partial charge < -0.3 is 10.4 Å². The minimum absolute atomic E-state index is 0. The van der Waals surface area contributed by atoms with E-state index in [2.05, 4.69) is 5.32 Å². The minimum Gasteiger partial charge on any atom is -0.481 e. The molecule has 0 spiro atoms. The van der Waals surface area contributed by atoms with E-state index in [-0.39, 0.29) is 29.9 Å². The highest BCUT2D eigenvalue weighted by molar-refractivity contribution is 5.94. The average molecular weight is 358 g/mol. The molecule has 1 fully saturated rings. The van der Waals surface area contributed by atoms with Crippen molar-refractivity contribution in [3.63, 3.8) is 0 Å². The Labute approximate surface area is 145 Å². The highest BCUT2D eigenvalue weighted by Gasteiger charge is 2.29. The van der Waals surface area contributed by atoms with Gasteiger partial charge in [0.25, 0.3) is 5.69 Å². The third-order valence-electron chi connectivity index (χ3n) is 4.13. The van der Waals surface area contributed by atoms with E-state index in [9.17, 15) is 19.7 Å². The minimum atomic E-state index is -0.793. The lowest BCUT2D eigenvalue weighted by atomic mass is 9.96. The first-order chi connectivity index (χ1) is 10.9. The molecule has 1 aromatic carbocycles. The van der Waals surface area contributed by atoms with Crippen molar-refractivity contribution in [3.05, 3.63) is 34.4 Å². The number of non-ortho nitro benzene ring substituents is 1. The zero-order chi connectivity index (χ0) is 17.0. The molecular weight excluding hydrogens is 338 g/mol. The summed E-state index contributed by atoms with van der Waals surface area (Å²) in [6, 6.07) is 5.34. The van der Waals surface area contributed by atoms with Crippen LogP contribution in [-0.2, 0) is 9.59 Å². The predicted octanol–water partition coefficient (Wildman–Crippen LogP) is 2.14. The molecule has 0 saturated carbocycles. The molecule has 1 aliphatic heterocycles. The molecule has 0 radical (unpaired) electrons. The number of hydrogen-bond donors (Lipinski definition) is 2. The zero-order valence-corrected chi connectivity index (χ0v) is 14.0. The van der Waals surface area contributed by atoms with Crippen LogP contribution in [0, 0.1) is 16.0 Å². The Hall–Kier alpha value is -2.19. The van der Waals surface area contributed by atoms with Crippen LogP contribution >= 0.6 is 12.4 Å². The van der Waals surface area contributed by atoms with E-state index in [1.807, 2.05) is 4.90 Å². The second-order valence-corrected chi connectivity index (χ2v) is 5.62. The standard InChI is InChI=1S/C15H19N3O5.ClH/c1-10(17-7-5-11(6-8-17)15(20)21)14(19)16-12-3-2-4-13(9-12)18(22)23;/h2-4,9-11H,5-8H2,1H3,(H,16,19)(H,20,21);1H. The molecule has 0 aliphatic carbocycles. The number of halogens is 1. The van der Waals surface area contributed by atoms with Gasteiger partial charge in [-0.25, -0.2) is 0 Å². The first-order valence-corrected chi connectivity index (χ1v) is 7.40. The summed E-state index contributed by atoms with van der Waals surface area (Å²) in [5.74, 6) is -1.41. The normalized spacial score (nSPS) is 16.7. The van der Waals surface area contributed by atoms with Gasteiger partial charge in [0, 0.05) is 17.8 Å². The van der Waals surface area contributed by atoms with E-state index in [0.29, 0.717) is 31.6 Å². The quantitative estimate of drug-likeness (QED) is 0.616. The fourth-order valence-electron chi connectivity index (χ4n) is 2.64. The van der Waals surface area contributed by atoms with Crippen LogP contribution in [0.4, 0.5) is 11.4 Å². The topological polar surface area (TPSA) is 113 Å². The van der Waals surface area contributed by atoms with Gasteiger partial charge in [-0.05, 0) is 38.9 Å². The summed E-state index contributed by atoms with van der Waals surface area (Å²) >= 11 is 0. The average Bonchev–Trinajstić information content (AvgIpc) is 2.54. The van der Waals surface area contributed by atoms with Crippen LogP contribution in [0.5, 0.6) is 0 Å². The van der Waals surface area contributed by atoms with Crippen molar-refractivity contribution in [2.75, 3.05) is 18.4 Å². The van der Waals surface area contributed by atoms with Crippen molar-refractivity contribution in [1.82, 2.24) is 4.90 Å². The van der Waals surface area contributed by atoms with Crippen molar-refractivity contribution in [2.24, 2.45) is 5.92 Å². The molecule has 0 aromatic heterocycles. The Morgan fingerprint density at radius 1 is 1.38 bits per heavy atom. The number of carboxylic acid groups (broad SMARTS) is 1. The van der Waals surface area contributed by atoms with Crippen molar-refractivity contribution < 1.29 is 19.6 Å². The number of carbonyl (C=O) groups excluding carboxylic acids is 1. The summed E-state index contributed by atoms with van der Waals surface area (Å²) < 4.78 is 0. The van der Waals surface area contributed by atoms with Crippen LogP contribution < -0.4 is 5.32 Å². The summed E-state index contributed by atoms with van der Waals surface area (Å²) in [7, 11) is 0. The second-order valence-electron chi connectivity index (χ2n) is 5.62. The Morgan fingerprint density at radius 2 is 2.00 bits per heavy atom. The second kappa shape index (κ2) is 8.60. The fraction of sp³-hybridized carbons (Fsp3) is 0.467. The Bertz CT molecular complexity index is 617. The highest BCUT2D eigenvalue weighted by Crippen LogP contribution is 2.21. The molecule has 9 heteroatoms. The van der Waals surface area contributed by atoms with Crippen molar-refractivity contribution in [2.45, 2.75) is 25.8 Å². The van der Waals surface area contributed by atoms with Crippen LogP contribution in [-0.4, -0.2) is 45.9 Å². The number of amides is 1. The number of rotatable bonds is 5. The van der Waals surface area contributed by atoms with Gasteiger partial charge in [0.1, 0.15) is 0 Å². The molecule has 1 saturated heterocycles. The maximum atomic E-state index is 12.3. The first kappa shape index (κ1) is 19.9. The molecule has 132 valence electrons. The lowest BCUT2D eigenvalue weighted by molar-refractivity contribution is -0.384. The summed E-state index contributed by atoms with van der Waals surface area (Å²) in [5, 5.41) is 22.4. The number of benzene rings is 1. The highest BCUT2D eigenvalue weighted by atomic mass is 35.5. The van der Waals surface area contributed by atoms with Crippen LogP contribution in [0.15, 0.2) is 24.3 Å². The molecule has 1 amide bonds. The predicted molar refractivity (Wildman–Crippen MR) is 90.4 cm³/mol. The van der Waals surface area contributed by atoms with E-state index in [1.54, 1.807) is 13.0 Å². The van der Waals surface area contributed by atoms with Gasteiger partial charge in [-0.1, -0.05) is 6.07 Å².